The van der Waals surface area contributed by atoms with Crippen LogP contribution < -0.4 is 15.9 Å². The van der Waals surface area contributed by atoms with Gasteiger partial charge in [-0.2, -0.15) is 0 Å². The van der Waals surface area contributed by atoms with Gasteiger partial charge in [0.1, 0.15) is 22.9 Å². The Labute approximate surface area is 180 Å². The van der Waals surface area contributed by atoms with Crippen LogP contribution >= 0.6 is 11.3 Å². The predicted octanol–water partition coefficient (Wildman–Crippen LogP) is 1.84. The largest absolute Gasteiger partial charge is 0.306 e. The monoisotopic (exact) mass is 437 g/mol. The van der Waals surface area contributed by atoms with Crippen molar-refractivity contribution in [2.24, 2.45) is 0 Å². The number of para-hydroxylation sites is 1. The number of nitrogens with zero attached hydrogens (tertiary/aromatic N) is 4. The highest BCUT2D eigenvalue weighted by molar-refractivity contribution is 7.16. The van der Waals surface area contributed by atoms with Crippen LogP contribution in [0.4, 0.5) is 5.69 Å². The molecule has 0 bridgehead atoms. The second-order valence-corrected chi connectivity index (χ2v) is 8.72. The molecule has 3 amide bonds. The van der Waals surface area contributed by atoms with Crippen molar-refractivity contribution in [3.05, 3.63) is 57.5 Å². The van der Waals surface area contributed by atoms with Gasteiger partial charge in [-0.1, -0.05) is 12.1 Å². The van der Waals surface area contributed by atoms with Gasteiger partial charge in [-0.15, -0.1) is 11.3 Å². The van der Waals surface area contributed by atoms with E-state index in [9.17, 15) is 19.2 Å². The van der Waals surface area contributed by atoms with Crippen LogP contribution in [-0.2, 0) is 9.59 Å². The molecule has 158 valence electrons. The van der Waals surface area contributed by atoms with Crippen molar-refractivity contribution in [3.63, 3.8) is 0 Å². The molecule has 2 aliphatic heterocycles. The van der Waals surface area contributed by atoms with Gasteiger partial charge >= 0.3 is 0 Å². The molecule has 1 aromatic carbocycles. The third-order valence-electron chi connectivity index (χ3n) is 5.95. The van der Waals surface area contributed by atoms with Crippen molar-refractivity contribution >= 4 is 45.0 Å². The number of amides is 3. The first-order valence-electron chi connectivity index (χ1n) is 9.82. The van der Waals surface area contributed by atoms with E-state index in [1.54, 1.807) is 54.5 Å². The van der Waals surface area contributed by atoms with Crippen LogP contribution in [0.3, 0.4) is 0 Å². The Hall–Kier alpha value is -3.53. The van der Waals surface area contributed by atoms with E-state index >= 15 is 0 Å². The topological polar surface area (TPSA) is 105 Å². The van der Waals surface area contributed by atoms with Gasteiger partial charge in [-0.3, -0.25) is 29.5 Å². The van der Waals surface area contributed by atoms with Gasteiger partial charge < -0.3 is 4.90 Å². The van der Waals surface area contributed by atoms with Crippen LogP contribution in [-0.4, -0.2) is 44.5 Å². The molecule has 1 fully saturated rings. The highest BCUT2D eigenvalue weighted by Gasteiger charge is 2.53. The lowest BCUT2D eigenvalue weighted by atomic mass is 9.98. The molecule has 3 aromatic rings. The standard InChI is InChI=1S/C21H19N5O4S/c1-12-22-18-14(8-10-31-18)20(30)26(12)23-16(27)11-24-19(29)13-5-3-4-6-15(13)25-17(28)7-9-21(24,25)2/h3-6,8,10H,7,9,11H2,1-2H3,(H,23,27). The lowest BCUT2D eigenvalue weighted by molar-refractivity contribution is -0.121. The number of carbonyl (C=O) groups excluding carboxylic acids is 3. The minimum absolute atomic E-state index is 0.0907. The zero-order chi connectivity index (χ0) is 21.9. The minimum Gasteiger partial charge on any atom is -0.306 e. The van der Waals surface area contributed by atoms with E-state index in [1.165, 1.54) is 16.2 Å². The Morgan fingerprint density at radius 2 is 2.00 bits per heavy atom. The first kappa shape index (κ1) is 19.4. The molecule has 0 radical (unpaired) electrons. The number of anilines is 1. The summed E-state index contributed by atoms with van der Waals surface area (Å²) in [5.41, 5.74) is 2.18. The van der Waals surface area contributed by atoms with E-state index in [2.05, 4.69) is 10.4 Å². The van der Waals surface area contributed by atoms with E-state index < -0.39 is 11.6 Å². The smallest absolute Gasteiger partial charge is 0.281 e. The molecule has 10 heteroatoms. The molecule has 0 aliphatic carbocycles. The number of thiophene rings is 1. The van der Waals surface area contributed by atoms with Gasteiger partial charge in [0.15, 0.2) is 0 Å². The maximum absolute atomic E-state index is 13.3. The fourth-order valence-corrected chi connectivity index (χ4v) is 5.19. The van der Waals surface area contributed by atoms with E-state index in [0.29, 0.717) is 33.7 Å². The summed E-state index contributed by atoms with van der Waals surface area (Å²) in [6.07, 6.45) is 0.703. The Morgan fingerprint density at radius 3 is 2.81 bits per heavy atom. The molecule has 5 rings (SSSR count). The lowest BCUT2D eigenvalue weighted by Crippen LogP contribution is -2.63. The van der Waals surface area contributed by atoms with Crippen molar-refractivity contribution in [2.75, 3.05) is 16.9 Å². The highest BCUT2D eigenvalue weighted by Crippen LogP contribution is 2.43. The molecule has 1 unspecified atom stereocenters. The Kier molecular flexibility index (Phi) is 4.23. The van der Waals surface area contributed by atoms with E-state index in [4.69, 9.17) is 0 Å². The van der Waals surface area contributed by atoms with Gasteiger partial charge in [0.25, 0.3) is 17.4 Å². The second kappa shape index (κ2) is 6.74. The van der Waals surface area contributed by atoms with Crippen LogP contribution in [0.15, 0.2) is 40.5 Å². The molecule has 2 aromatic heterocycles. The molecule has 0 spiro atoms. The van der Waals surface area contributed by atoms with Crippen LogP contribution in [0.25, 0.3) is 10.2 Å². The Bertz CT molecular complexity index is 1330. The quantitative estimate of drug-likeness (QED) is 0.673. The molecule has 1 saturated heterocycles. The number of rotatable bonds is 3. The molecule has 2 aliphatic rings. The zero-order valence-corrected chi connectivity index (χ0v) is 17.7. The van der Waals surface area contributed by atoms with E-state index in [1.807, 2.05) is 0 Å². The number of hydrogen-bond acceptors (Lipinski definition) is 6. The lowest BCUT2D eigenvalue weighted by Gasteiger charge is -2.48. The maximum atomic E-state index is 13.3. The minimum atomic E-state index is -0.949. The van der Waals surface area contributed by atoms with Crippen LogP contribution in [0.1, 0.15) is 35.9 Å². The van der Waals surface area contributed by atoms with Crippen molar-refractivity contribution < 1.29 is 14.4 Å². The van der Waals surface area contributed by atoms with Crippen LogP contribution in [0, 0.1) is 6.92 Å². The molecule has 0 saturated carbocycles. The highest BCUT2D eigenvalue weighted by atomic mass is 32.1. The first-order valence-corrected chi connectivity index (χ1v) is 10.7. The third-order valence-corrected chi connectivity index (χ3v) is 6.76. The molecule has 1 atom stereocenters. The van der Waals surface area contributed by atoms with Crippen LogP contribution in [0.2, 0.25) is 0 Å². The number of aryl methyl sites for hydroxylation is 1. The number of nitrogens with one attached hydrogen (secondary N) is 1. The average molecular weight is 437 g/mol. The number of hydrogen-bond donors (Lipinski definition) is 1. The van der Waals surface area contributed by atoms with Crippen LogP contribution in [0.5, 0.6) is 0 Å². The maximum Gasteiger partial charge on any atom is 0.281 e. The average Bonchev–Trinajstić information content (AvgIpc) is 3.33. The molecule has 9 nitrogen and oxygen atoms in total. The first-order chi connectivity index (χ1) is 14.8. The fraction of sp³-hybridized carbons (Fsp3) is 0.286. The number of carbonyl (C=O) groups is 3. The predicted molar refractivity (Wildman–Crippen MR) is 116 cm³/mol. The van der Waals surface area contributed by atoms with Crippen molar-refractivity contribution in [3.8, 4) is 0 Å². The summed E-state index contributed by atoms with van der Waals surface area (Å²) in [7, 11) is 0. The van der Waals surface area contributed by atoms with Gasteiger partial charge in [0.05, 0.1) is 16.6 Å². The number of aromatic nitrogens is 2. The Balaban J connectivity index is 1.49. The molecule has 4 heterocycles. The van der Waals surface area contributed by atoms with Gasteiger partial charge in [0.2, 0.25) is 5.91 Å². The molecule has 31 heavy (non-hydrogen) atoms. The van der Waals surface area contributed by atoms with Gasteiger partial charge in [-0.25, -0.2) is 9.66 Å². The second-order valence-electron chi connectivity index (χ2n) is 7.83. The molecule has 1 N–H and O–H groups in total. The van der Waals surface area contributed by atoms with Crippen molar-refractivity contribution in [2.45, 2.75) is 32.4 Å². The molecular formula is C21H19N5O4S. The summed E-state index contributed by atoms with van der Waals surface area (Å²) >= 11 is 1.35. The SMILES string of the molecule is Cc1nc2sccc2c(=O)n1NC(=O)CN1C(=O)c2ccccc2N2C(=O)CCC12C. The number of fused-ring (bicyclic) bond motifs is 4. The van der Waals surface area contributed by atoms with Crippen molar-refractivity contribution in [1.29, 1.82) is 0 Å². The van der Waals surface area contributed by atoms with Gasteiger partial charge in [0, 0.05) is 6.42 Å². The summed E-state index contributed by atoms with van der Waals surface area (Å²) in [6.45, 7) is 3.11. The summed E-state index contributed by atoms with van der Waals surface area (Å²) in [5.74, 6) is -0.621. The van der Waals surface area contributed by atoms with E-state index in [0.717, 1.165) is 4.68 Å². The van der Waals surface area contributed by atoms with Gasteiger partial charge in [-0.05, 0) is 43.8 Å². The molecular weight excluding hydrogens is 418 g/mol. The van der Waals surface area contributed by atoms with Crippen molar-refractivity contribution in [1.82, 2.24) is 14.6 Å². The van der Waals surface area contributed by atoms with E-state index in [-0.39, 0.29) is 30.3 Å². The Morgan fingerprint density at radius 1 is 1.23 bits per heavy atom. The summed E-state index contributed by atoms with van der Waals surface area (Å²) in [4.78, 5) is 59.5. The third kappa shape index (κ3) is 2.78. The summed E-state index contributed by atoms with van der Waals surface area (Å²) in [6, 6.07) is 8.56. The number of benzene rings is 1. The fourth-order valence-electron chi connectivity index (χ4n) is 4.39. The zero-order valence-electron chi connectivity index (χ0n) is 16.9. The summed E-state index contributed by atoms with van der Waals surface area (Å²) < 4.78 is 1.10. The summed E-state index contributed by atoms with van der Waals surface area (Å²) in [5, 5.41) is 2.18. The normalized spacial score (nSPS) is 20.2.